The van der Waals surface area contributed by atoms with Crippen LogP contribution in [-0.2, 0) is 17.9 Å². The molecule has 1 fully saturated rings. The van der Waals surface area contributed by atoms with Gasteiger partial charge in [-0.1, -0.05) is 18.2 Å². The fraction of sp³-hybridized carbons (Fsp3) is 0.478. The van der Waals surface area contributed by atoms with E-state index in [9.17, 15) is 4.79 Å². The van der Waals surface area contributed by atoms with Crippen LogP contribution in [0.15, 0.2) is 42.5 Å². The molecule has 2 aromatic rings. The number of aromatic nitrogens is 1. The molecule has 150 valence electrons. The lowest BCUT2D eigenvalue weighted by molar-refractivity contribution is -0.121. The van der Waals surface area contributed by atoms with Crippen molar-refractivity contribution in [3.05, 3.63) is 59.4 Å². The molecule has 3 rings (SSSR count). The maximum atomic E-state index is 12.3. The second-order valence-corrected chi connectivity index (χ2v) is 7.68. The SMILES string of the molecule is COc1cccc(CNC(=O)CCC2CCCN(Cc3cccc(C)n3)C2)c1. The molecule has 0 aliphatic carbocycles. The molecule has 5 heteroatoms. The van der Waals surface area contributed by atoms with E-state index < -0.39 is 0 Å². The number of pyridine rings is 1. The van der Waals surface area contributed by atoms with Crippen LogP contribution < -0.4 is 10.1 Å². The number of rotatable bonds is 8. The van der Waals surface area contributed by atoms with E-state index in [4.69, 9.17) is 4.74 Å². The van der Waals surface area contributed by atoms with E-state index in [-0.39, 0.29) is 5.91 Å². The zero-order valence-corrected chi connectivity index (χ0v) is 17.0. The Bertz CT molecular complexity index is 778. The Morgan fingerprint density at radius 3 is 2.96 bits per heavy atom. The lowest BCUT2D eigenvalue weighted by atomic mass is 9.93. The Kier molecular flexibility index (Phi) is 7.43. The number of nitrogens with one attached hydrogen (secondary N) is 1. The Balaban J connectivity index is 1.40. The standard InChI is InChI=1S/C23H31N3O2/c1-18-6-3-9-21(25-18)17-26-13-5-8-19(16-26)11-12-23(27)24-15-20-7-4-10-22(14-20)28-2/h3-4,6-7,9-10,14,19H,5,8,11-13,15-17H2,1-2H3,(H,24,27). The zero-order chi connectivity index (χ0) is 19.8. The molecule has 1 saturated heterocycles. The van der Waals surface area contributed by atoms with Crippen LogP contribution >= 0.6 is 0 Å². The third kappa shape index (κ3) is 6.34. The van der Waals surface area contributed by atoms with Gasteiger partial charge in [-0.3, -0.25) is 14.7 Å². The number of hydrogen-bond acceptors (Lipinski definition) is 4. The number of benzene rings is 1. The lowest BCUT2D eigenvalue weighted by Gasteiger charge is -2.32. The molecule has 1 aliphatic rings. The molecule has 1 atom stereocenters. The number of hydrogen-bond donors (Lipinski definition) is 1. The van der Waals surface area contributed by atoms with Crippen molar-refractivity contribution in [3.63, 3.8) is 0 Å². The van der Waals surface area contributed by atoms with Gasteiger partial charge in [0.25, 0.3) is 0 Å². The molecule has 28 heavy (non-hydrogen) atoms. The minimum atomic E-state index is 0.125. The first-order valence-electron chi connectivity index (χ1n) is 10.2. The van der Waals surface area contributed by atoms with Gasteiger partial charge >= 0.3 is 0 Å². The highest BCUT2D eigenvalue weighted by molar-refractivity contribution is 5.75. The number of carbonyl (C=O) groups excluding carboxylic acids is 1. The molecule has 5 nitrogen and oxygen atoms in total. The number of amides is 1. The second kappa shape index (κ2) is 10.2. The molecular formula is C23H31N3O2. The van der Waals surface area contributed by atoms with Gasteiger partial charge in [-0.2, -0.15) is 0 Å². The molecule has 1 N–H and O–H groups in total. The van der Waals surface area contributed by atoms with Crippen molar-refractivity contribution in [2.75, 3.05) is 20.2 Å². The van der Waals surface area contributed by atoms with Crippen LogP contribution in [0.3, 0.4) is 0 Å². The summed E-state index contributed by atoms with van der Waals surface area (Å²) < 4.78 is 5.23. The average molecular weight is 382 g/mol. The third-order valence-corrected chi connectivity index (χ3v) is 5.34. The highest BCUT2D eigenvalue weighted by Crippen LogP contribution is 2.22. The van der Waals surface area contributed by atoms with Gasteiger partial charge in [0.15, 0.2) is 0 Å². The van der Waals surface area contributed by atoms with Crippen LogP contribution in [0.1, 0.15) is 42.6 Å². The largest absolute Gasteiger partial charge is 0.497 e. The summed E-state index contributed by atoms with van der Waals surface area (Å²) in [5.41, 5.74) is 3.26. The quantitative estimate of drug-likeness (QED) is 0.757. The first kappa shape index (κ1) is 20.3. The van der Waals surface area contributed by atoms with Gasteiger partial charge in [0, 0.05) is 31.7 Å². The molecule has 0 saturated carbocycles. The van der Waals surface area contributed by atoms with Crippen molar-refractivity contribution in [2.45, 2.75) is 45.7 Å². The molecule has 1 aromatic carbocycles. The maximum Gasteiger partial charge on any atom is 0.220 e. The summed E-state index contributed by atoms with van der Waals surface area (Å²) in [6.07, 6.45) is 3.94. The van der Waals surface area contributed by atoms with Gasteiger partial charge in [-0.05, 0) is 68.5 Å². The predicted octanol–water partition coefficient (Wildman–Crippen LogP) is 3.71. The monoisotopic (exact) mass is 381 g/mol. The number of ether oxygens (including phenoxy) is 1. The summed E-state index contributed by atoms with van der Waals surface area (Å²) >= 11 is 0. The average Bonchev–Trinajstić information content (AvgIpc) is 2.71. The summed E-state index contributed by atoms with van der Waals surface area (Å²) in [4.78, 5) is 19.4. The molecule has 0 radical (unpaired) electrons. The Labute approximate surface area is 168 Å². The number of carbonyl (C=O) groups is 1. The number of nitrogens with zero attached hydrogens (tertiary/aromatic N) is 2. The van der Waals surface area contributed by atoms with Crippen molar-refractivity contribution >= 4 is 5.91 Å². The van der Waals surface area contributed by atoms with E-state index >= 15 is 0 Å². The van der Waals surface area contributed by atoms with Crippen LogP contribution in [0, 0.1) is 12.8 Å². The lowest BCUT2D eigenvalue weighted by Crippen LogP contribution is -2.35. The van der Waals surface area contributed by atoms with Gasteiger partial charge in [-0.25, -0.2) is 0 Å². The van der Waals surface area contributed by atoms with Crippen LogP contribution in [0.25, 0.3) is 0 Å². The van der Waals surface area contributed by atoms with Crippen molar-refractivity contribution in [2.24, 2.45) is 5.92 Å². The predicted molar refractivity (Wildman–Crippen MR) is 111 cm³/mol. The van der Waals surface area contributed by atoms with E-state index in [1.165, 1.54) is 12.8 Å². The van der Waals surface area contributed by atoms with Crippen molar-refractivity contribution in [1.82, 2.24) is 15.2 Å². The molecule has 2 heterocycles. The van der Waals surface area contributed by atoms with E-state index in [1.807, 2.05) is 37.3 Å². The van der Waals surface area contributed by atoms with Crippen molar-refractivity contribution < 1.29 is 9.53 Å². The van der Waals surface area contributed by atoms with E-state index in [2.05, 4.69) is 27.3 Å². The smallest absolute Gasteiger partial charge is 0.220 e. The van der Waals surface area contributed by atoms with Crippen LogP contribution in [0.2, 0.25) is 0 Å². The minimum absolute atomic E-state index is 0.125. The zero-order valence-electron chi connectivity index (χ0n) is 17.0. The Morgan fingerprint density at radius 2 is 2.14 bits per heavy atom. The van der Waals surface area contributed by atoms with Crippen molar-refractivity contribution in [3.8, 4) is 5.75 Å². The van der Waals surface area contributed by atoms with E-state index in [0.717, 1.165) is 48.8 Å². The molecule has 1 unspecified atom stereocenters. The van der Waals surface area contributed by atoms with Gasteiger partial charge in [-0.15, -0.1) is 0 Å². The Morgan fingerprint density at radius 1 is 1.29 bits per heavy atom. The van der Waals surface area contributed by atoms with Crippen LogP contribution in [-0.4, -0.2) is 36.0 Å². The summed E-state index contributed by atoms with van der Waals surface area (Å²) in [6.45, 7) is 5.66. The third-order valence-electron chi connectivity index (χ3n) is 5.34. The van der Waals surface area contributed by atoms with E-state index in [1.54, 1.807) is 7.11 Å². The number of aryl methyl sites for hydroxylation is 1. The first-order chi connectivity index (χ1) is 13.6. The molecule has 0 bridgehead atoms. The minimum Gasteiger partial charge on any atom is -0.497 e. The summed E-state index contributed by atoms with van der Waals surface area (Å²) in [5.74, 6) is 1.53. The van der Waals surface area contributed by atoms with Gasteiger partial charge in [0.05, 0.1) is 12.8 Å². The summed E-state index contributed by atoms with van der Waals surface area (Å²) in [5, 5.41) is 3.03. The maximum absolute atomic E-state index is 12.3. The highest BCUT2D eigenvalue weighted by atomic mass is 16.5. The molecular weight excluding hydrogens is 350 g/mol. The molecule has 1 aromatic heterocycles. The summed E-state index contributed by atoms with van der Waals surface area (Å²) in [7, 11) is 1.65. The fourth-order valence-corrected chi connectivity index (χ4v) is 3.85. The number of methoxy groups -OCH3 is 1. The fourth-order valence-electron chi connectivity index (χ4n) is 3.85. The first-order valence-corrected chi connectivity index (χ1v) is 10.2. The highest BCUT2D eigenvalue weighted by Gasteiger charge is 2.21. The summed E-state index contributed by atoms with van der Waals surface area (Å²) in [6, 6.07) is 14.0. The van der Waals surface area contributed by atoms with E-state index in [0.29, 0.717) is 18.9 Å². The molecule has 1 amide bonds. The second-order valence-electron chi connectivity index (χ2n) is 7.68. The number of likely N-dealkylation sites (tertiary alicyclic amines) is 1. The molecule has 1 aliphatic heterocycles. The van der Waals surface area contributed by atoms with Gasteiger partial charge < -0.3 is 10.1 Å². The van der Waals surface area contributed by atoms with Gasteiger partial charge in [0.2, 0.25) is 5.91 Å². The van der Waals surface area contributed by atoms with Crippen molar-refractivity contribution in [1.29, 1.82) is 0 Å². The molecule has 0 spiro atoms. The van der Waals surface area contributed by atoms with Crippen LogP contribution in [0.5, 0.6) is 5.75 Å². The topological polar surface area (TPSA) is 54.5 Å². The number of piperidine rings is 1. The Hall–Kier alpha value is -2.40. The normalized spacial score (nSPS) is 17.3. The van der Waals surface area contributed by atoms with Crippen LogP contribution in [0.4, 0.5) is 0 Å². The van der Waals surface area contributed by atoms with Gasteiger partial charge in [0.1, 0.15) is 5.75 Å².